The first-order valence-corrected chi connectivity index (χ1v) is 22.6. The van der Waals surface area contributed by atoms with Crippen LogP contribution in [-0.2, 0) is 25.5 Å². The zero-order chi connectivity index (χ0) is 55.1. The molecular weight excluding hydrogens is 1030 g/mol. The van der Waals surface area contributed by atoms with Crippen molar-refractivity contribution in [1.29, 1.82) is 5.26 Å². The van der Waals surface area contributed by atoms with Crippen molar-refractivity contribution in [2.24, 2.45) is 0 Å². The maximum Gasteiger partial charge on any atom is 0.136 e. The fraction of sp³-hybridized carbons (Fsp3) is 0.213. The Bertz CT molecular complexity index is 4090. The van der Waals surface area contributed by atoms with Crippen molar-refractivity contribution in [3.05, 3.63) is 179 Å². The molecule has 0 aliphatic rings. The minimum atomic E-state index is -2.78. The molecule has 7 aromatic carbocycles. The predicted octanol–water partition coefficient (Wildman–Crippen LogP) is 16.2. The van der Waals surface area contributed by atoms with E-state index in [1.165, 1.54) is 12.1 Å². The molecule has 7 nitrogen and oxygen atoms in total. The van der Waals surface area contributed by atoms with Gasteiger partial charge in [0.2, 0.25) is 0 Å². The SMILES string of the molecule is CC(C)(C)c1ccnc(-c2[c-]cccc2)n1.[2H]C([2H])([2H])c1c2oc3c(-c4nc5cccc(C([2H])([2H])[2H])c5n4-c4c(C(C)C)cc(-c5ccccc5)cc4C(C)C)[c-]cc(C([2H])([2H])[2H])c3c2cc2oc3cc(C#N)ccc3c12.[Ir]. The van der Waals surface area contributed by atoms with Crippen LogP contribution in [0.15, 0.2) is 136 Å². The topological polar surface area (TPSA) is 93.7 Å². The molecule has 1 radical (unpaired) electrons. The number of furan rings is 2. The Kier molecular flexibility index (Phi) is 9.81. The van der Waals surface area contributed by atoms with E-state index >= 15 is 0 Å². The molecule has 4 aromatic heterocycles. The van der Waals surface area contributed by atoms with Crippen molar-refractivity contribution in [2.45, 2.75) is 86.3 Å². The van der Waals surface area contributed by atoms with Crippen molar-refractivity contribution in [1.82, 2.24) is 19.5 Å². The molecule has 0 amide bonds. The van der Waals surface area contributed by atoms with Gasteiger partial charge in [-0.2, -0.15) is 5.26 Å². The minimum Gasteiger partial charge on any atom is -0.500 e. The number of hydrogen-bond donors (Lipinski definition) is 0. The summed E-state index contributed by atoms with van der Waals surface area (Å²) in [5.41, 5.74) is 8.03. The van der Waals surface area contributed by atoms with Gasteiger partial charge in [-0.15, -0.1) is 53.6 Å². The molecule has 0 aliphatic heterocycles. The number of imidazole rings is 1. The van der Waals surface area contributed by atoms with Crippen LogP contribution in [0.5, 0.6) is 0 Å². The zero-order valence-corrected chi connectivity index (χ0v) is 41.6. The molecule has 4 heterocycles. The second-order valence-electron chi connectivity index (χ2n) is 18.7. The summed E-state index contributed by atoms with van der Waals surface area (Å²) in [4.78, 5) is 14.0. The average Bonchev–Trinajstić information content (AvgIpc) is 4.28. The third kappa shape index (κ3) is 8.35. The van der Waals surface area contributed by atoms with E-state index < -0.39 is 20.6 Å². The average molecular weight is 1090 g/mol. The van der Waals surface area contributed by atoms with Gasteiger partial charge < -0.3 is 13.4 Å². The molecule has 0 N–H and O–H groups in total. The van der Waals surface area contributed by atoms with Crippen molar-refractivity contribution in [2.75, 3.05) is 0 Å². The molecule has 11 rings (SSSR count). The third-order valence-electron chi connectivity index (χ3n) is 12.4. The summed E-state index contributed by atoms with van der Waals surface area (Å²) in [7, 11) is 0. The van der Waals surface area contributed by atoms with Crippen LogP contribution in [0, 0.1) is 44.0 Å². The van der Waals surface area contributed by atoms with Crippen LogP contribution in [0.4, 0.5) is 0 Å². The van der Waals surface area contributed by atoms with E-state index in [4.69, 9.17) is 26.2 Å². The van der Waals surface area contributed by atoms with E-state index in [2.05, 4.69) is 88.8 Å². The number of hydrogen-bond acceptors (Lipinski definition) is 6. The first-order valence-electron chi connectivity index (χ1n) is 27.1. The minimum absolute atomic E-state index is 0. The van der Waals surface area contributed by atoms with Gasteiger partial charge >= 0.3 is 0 Å². The molecular formula is C61H53IrN5O2-2. The Balaban J connectivity index is 0.000000373. The monoisotopic (exact) mass is 1090 g/mol. The Morgan fingerprint density at radius 3 is 2.16 bits per heavy atom. The molecule has 0 unspecified atom stereocenters. The molecule has 69 heavy (non-hydrogen) atoms. The second kappa shape index (κ2) is 18.4. The number of para-hydroxylation sites is 1. The third-order valence-corrected chi connectivity index (χ3v) is 12.4. The summed E-state index contributed by atoms with van der Waals surface area (Å²) < 4.78 is 93.2. The Morgan fingerprint density at radius 2 is 1.48 bits per heavy atom. The van der Waals surface area contributed by atoms with Crippen molar-refractivity contribution >= 4 is 54.9 Å². The largest absolute Gasteiger partial charge is 0.500 e. The van der Waals surface area contributed by atoms with Gasteiger partial charge in [0.1, 0.15) is 16.7 Å². The molecule has 0 fully saturated rings. The first kappa shape index (κ1) is 36.8. The van der Waals surface area contributed by atoms with Crippen molar-refractivity contribution in [3.8, 4) is 45.7 Å². The maximum atomic E-state index is 9.57. The van der Waals surface area contributed by atoms with Crippen LogP contribution in [0.1, 0.15) is 112 Å². The number of aromatic nitrogens is 4. The van der Waals surface area contributed by atoms with Crippen LogP contribution >= 0.6 is 0 Å². The summed E-state index contributed by atoms with van der Waals surface area (Å²) >= 11 is 0. The maximum absolute atomic E-state index is 9.57. The van der Waals surface area contributed by atoms with Gasteiger partial charge in [0, 0.05) is 77.2 Å². The summed E-state index contributed by atoms with van der Waals surface area (Å²) in [5.74, 6) is 0.850. The molecule has 11 aromatic rings. The molecule has 0 atom stereocenters. The normalized spacial score (nSPS) is 14.2. The van der Waals surface area contributed by atoms with Gasteiger partial charge in [-0.05, 0) is 102 Å². The predicted molar refractivity (Wildman–Crippen MR) is 277 cm³/mol. The summed E-state index contributed by atoms with van der Waals surface area (Å²) in [6.45, 7) is 6.71. The Hall–Kier alpha value is -7.17. The summed E-state index contributed by atoms with van der Waals surface area (Å²) in [6.07, 6.45) is 1.81. The van der Waals surface area contributed by atoms with Gasteiger partial charge in [0.25, 0.3) is 0 Å². The van der Waals surface area contributed by atoms with E-state index in [0.717, 1.165) is 45.0 Å². The molecule has 0 aliphatic carbocycles. The van der Waals surface area contributed by atoms with Gasteiger partial charge in [-0.3, -0.25) is 15.0 Å². The number of aryl methyl sites for hydroxylation is 3. The van der Waals surface area contributed by atoms with E-state index in [-0.39, 0.29) is 98.3 Å². The fourth-order valence-corrected chi connectivity index (χ4v) is 9.01. The van der Waals surface area contributed by atoms with Crippen LogP contribution in [0.25, 0.3) is 94.5 Å². The Labute approximate surface area is 429 Å². The van der Waals surface area contributed by atoms with E-state index in [1.54, 1.807) is 36.4 Å². The van der Waals surface area contributed by atoms with Crippen LogP contribution in [0.2, 0.25) is 0 Å². The smallest absolute Gasteiger partial charge is 0.136 e. The number of nitrogens with zero attached hydrogens (tertiary/aromatic N) is 5. The number of benzene rings is 7. The quantitative estimate of drug-likeness (QED) is 0.154. The summed E-state index contributed by atoms with van der Waals surface area (Å²) in [6, 6.07) is 45.0. The molecule has 8 heteroatoms. The molecule has 345 valence electrons. The standard InChI is InChI=1S/C47H38N3O2.C14H15N2.Ir/c1-25(2)35-21-32(31-13-9-8-10-14-31)22-36(26(3)4)44(35)50-43-28(6)12-11-15-38(43)49-47(50)34-18-16-27(5)41-37-23-40-42(29(7)45(37)52-46(34)41)33-19-17-30(24-48)20-39(33)51-40;1-14(2,3)12-9-10-15-13(16-12)11-7-5-4-6-8-11;/h8-17,19-23,25-26H,1-7H3;4-7,9-10H,1-3H3;/q2*-1;/i5D3,6D3,7D3;;. The van der Waals surface area contributed by atoms with Crippen LogP contribution < -0.4 is 0 Å². The second-order valence-corrected chi connectivity index (χ2v) is 18.7. The van der Waals surface area contributed by atoms with E-state index in [0.29, 0.717) is 27.6 Å². The van der Waals surface area contributed by atoms with Gasteiger partial charge in [0.05, 0.1) is 39.9 Å². The van der Waals surface area contributed by atoms with E-state index in [9.17, 15) is 5.26 Å². The van der Waals surface area contributed by atoms with Gasteiger partial charge in [0.15, 0.2) is 0 Å². The molecule has 0 saturated heterocycles. The number of rotatable bonds is 6. The fourth-order valence-electron chi connectivity index (χ4n) is 9.01. The number of nitriles is 1. The van der Waals surface area contributed by atoms with Gasteiger partial charge in [-0.25, -0.2) is 0 Å². The zero-order valence-electron chi connectivity index (χ0n) is 48.2. The van der Waals surface area contributed by atoms with Crippen molar-refractivity contribution < 1.29 is 41.3 Å². The Morgan fingerprint density at radius 1 is 0.710 bits per heavy atom. The molecule has 0 saturated carbocycles. The first-order chi connectivity index (χ1) is 36.3. The molecule has 0 bridgehead atoms. The number of fused-ring (bicyclic) bond motifs is 7. The summed E-state index contributed by atoms with van der Waals surface area (Å²) in [5, 5.41) is 10.6. The van der Waals surface area contributed by atoms with E-state index in [1.807, 2.05) is 71.4 Å². The van der Waals surface area contributed by atoms with Crippen LogP contribution in [0.3, 0.4) is 0 Å². The van der Waals surface area contributed by atoms with Crippen LogP contribution in [-0.4, -0.2) is 19.5 Å². The van der Waals surface area contributed by atoms with Gasteiger partial charge in [-0.1, -0.05) is 109 Å². The molecule has 0 spiro atoms. The van der Waals surface area contributed by atoms with Crippen molar-refractivity contribution in [3.63, 3.8) is 0 Å².